The normalized spacial score (nSPS) is 13.5. The Morgan fingerprint density at radius 2 is 1.88 bits per heavy atom. The molecular weight excluding hydrogens is 434 g/mol. The number of aliphatic hydroxyl groups excluding tert-OH is 1. The third kappa shape index (κ3) is 4.13. The third-order valence-corrected chi connectivity index (χ3v) is 6.20. The summed E-state index contributed by atoms with van der Waals surface area (Å²) in [4.78, 5) is 22.0. The first kappa shape index (κ1) is 21.3. The van der Waals surface area contributed by atoms with Gasteiger partial charge in [-0.25, -0.2) is 0 Å². The minimum Gasteiger partial charge on any atom is -0.394 e. The van der Waals surface area contributed by atoms with Crippen molar-refractivity contribution in [3.8, 4) is 11.1 Å². The average Bonchev–Trinajstić information content (AvgIpc) is 3.24. The minimum atomic E-state index is -0.501. The van der Waals surface area contributed by atoms with Crippen molar-refractivity contribution in [3.05, 3.63) is 122 Å². The maximum Gasteiger partial charge on any atom is 0.251 e. The summed E-state index contributed by atoms with van der Waals surface area (Å²) < 4.78 is 1.54. The SMILES string of the molecule is Cc1cc(C2=NCc3ccc(-c4ccn([C@@H](CO)c5cccc(Cl)c5)c(=O)c4)cc32)ccn1. The molecule has 0 aliphatic carbocycles. The van der Waals surface area contributed by atoms with Crippen LogP contribution in [-0.4, -0.2) is 27.0 Å². The molecule has 33 heavy (non-hydrogen) atoms. The van der Waals surface area contributed by atoms with E-state index < -0.39 is 6.04 Å². The van der Waals surface area contributed by atoms with Gasteiger partial charge < -0.3 is 9.67 Å². The van der Waals surface area contributed by atoms with Crippen LogP contribution in [0.15, 0.2) is 88.9 Å². The fraction of sp³-hybridized carbons (Fsp3) is 0.148. The number of nitrogens with zero attached hydrogens (tertiary/aromatic N) is 3. The van der Waals surface area contributed by atoms with Gasteiger partial charge in [-0.2, -0.15) is 0 Å². The van der Waals surface area contributed by atoms with Gasteiger partial charge in [-0.3, -0.25) is 14.8 Å². The van der Waals surface area contributed by atoms with Crippen LogP contribution in [0.2, 0.25) is 5.02 Å². The van der Waals surface area contributed by atoms with Crippen molar-refractivity contribution in [2.75, 3.05) is 6.61 Å². The number of benzene rings is 2. The van der Waals surface area contributed by atoms with E-state index in [2.05, 4.69) is 17.1 Å². The second kappa shape index (κ2) is 8.77. The van der Waals surface area contributed by atoms with Crippen molar-refractivity contribution < 1.29 is 5.11 Å². The molecule has 1 atom stereocenters. The standard InChI is InChI=1S/C27H22ClN3O2/c1-17-11-21(7-9-29-17)27-24-13-18(5-6-22(24)15-30-27)19-8-10-31(26(33)14-19)25(16-32)20-3-2-4-23(28)12-20/h2-14,25,32H,15-16H2,1H3/t25-/m0/s1. The summed E-state index contributed by atoms with van der Waals surface area (Å²) in [5.41, 5.74) is 7.54. The number of hydrogen-bond acceptors (Lipinski definition) is 4. The molecule has 5 rings (SSSR count). The van der Waals surface area contributed by atoms with Gasteiger partial charge in [0.05, 0.1) is 24.9 Å². The van der Waals surface area contributed by atoms with E-state index in [0.29, 0.717) is 11.6 Å². The predicted molar refractivity (Wildman–Crippen MR) is 131 cm³/mol. The smallest absolute Gasteiger partial charge is 0.251 e. The number of aliphatic hydroxyl groups is 1. The molecular formula is C27H22ClN3O2. The summed E-state index contributed by atoms with van der Waals surface area (Å²) in [5, 5.41) is 10.5. The number of aryl methyl sites for hydroxylation is 1. The van der Waals surface area contributed by atoms with Gasteiger partial charge in [0, 0.05) is 40.3 Å². The van der Waals surface area contributed by atoms with E-state index in [-0.39, 0.29) is 12.2 Å². The Kier molecular flexibility index (Phi) is 5.67. The fourth-order valence-corrected chi connectivity index (χ4v) is 4.50. The van der Waals surface area contributed by atoms with Crippen LogP contribution in [0.25, 0.3) is 11.1 Å². The summed E-state index contributed by atoms with van der Waals surface area (Å²) >= 11 is 6.11. The molecule has 0 bridgehead atoms. The molecule has 0 saturated heterocycles. The van der Waals surface area contributed by atoms with Crippen LogP contribution in [0, 0.1) is 6.92 Å². The number of fused-ring (bicyclic) bond motifs is 1. The number of hydrogen-bond donors (Lipinski definition) is 1. The molecule has 1 N–H and O–H groups in total. The van der Waals surface area contributed by atoms with Gasteiger partial charge in [-0.1, -0.05) is 35.9 Å². The van der Waals surface area contributed by atoms with Crippen LogP contribution in [0.3, 0.4) is 0 Å². The van der Waals surface area contributed by atoms with Crippen molar-refractivity contribution >= 4 is 17.3 Å². The van der Waals surface area contributed by atoms with E-state index in [1.807, 2.05) is 43.3 Å². The number of rotatable bonds is 5. The van der Waals surface area contributed by atoms with E-state index >= 15 is 0 Å². The zero-order chi connectivity index (χ0) is 22.9. The molecule has 6 heteroatoms. The summed E-state index contributed by atoms with van der Waals surface area (Å²) in [7, 11) is 0. The highest BCUT2D eigenvalue weighted by molar-refractivity contribution is 6.30. The molecule has 0 radical (unpaired) electrons. The largest absolute Gasteiger partial charge is 0.394 e. The third-order valence-electron chi connectivity index (χ3n) is 5.97. The van der Waals surface area contributed by atoms with E-state index in [4.69, 9.17) is 16.6 Å². The minimum absolute atomic E-state index is 0.189. The van der Waals surface area contributed by atoms with Gasteiger partial charge in [0.25, 0.3) is 5.56 Å². The van der Waals surface area contributed by atoms with Crippen molar-refractivity contribution in [1.29, 1.82) is 0 Å². The van der Waals surface area contributed by atoms with E-state index in [9.17, 15) is 9.90 Å². The molecule has 1 aliphatic rings. The summed E-state index contributed by atoms with van der Waals surface area (Å²) in [6.45, 7) is 2.41. The van der Waals surface area contributed by atoms with Crippen molar-refractivity contribution in [3.63, 3.8) is 0 Å². The monoisotopic (exact) mass is 455 g/mol. The highest BCUT2D eigenvalue weighted by Gasteiger charge is 2.19. The Morgan fingerprint density at radius 1 is 1.03 bits per heavy atom. The summed E-state index contributed by atoms with van der Waals surface area (Å²) in [6.07, 6.45) is 3.53. The molecule has 3 heterocycles. The first-order chi connectivity index (χ1) is 16.0. The lowest BCUT2D eigenvalue weighted by Crippen LogP contribution is -2.26. The molecule has 1 aliphatic heterocycles. The van der Waals surface area contributed by atoms with Crippen LogP contribution >= 0.6 is 11.6 Å². The maximum atomic E-state index is 13.0. The van der Waals surface area contributed by atoms with E-state index in [1.165, 1.54) is 4.57 Å². The number of halogens is 1. The molecule has 0 fully saturated rings. The Labute approximate surface area is 196 Å². The van der Waals surface area contributed by atoms with Crippen LogP contribution in [0.4, 0.5) is 0 Å². The first-order valence-electron chi connectivity index (χ1n) is 10.7. The Morgan fingerprint density at radius 3 is 2.64 bits per heavy atom. The van der Waals surface area contributed by atoms with Crippen molar-refractivity contribution in [2.24, 2.45) is 4.99 Å². The van der Waals surface area contributed by atoms with Gasteiger partial charge >= 0.3 is 0 Å². The lowest BCUT2D eigenvalue weighted by molar-refractivity contribution is 0.247. The molecule has 2 aromatic heterocycles. The molecule has 5 nitrogen and oxygen atoms in total. The fourth-order valence-electron chi connectivity index (χ4n) is 4.30. The van der Waals surface area contributed by atoms with Crippen LogP contribution < -0.4 is 5.56 Å². The zero-order valence-corrected chi connectivity index (χ0v) is 18.8. The second-order valence-corrected chi connectivity index (χ2v) is 8.57. The molecule has 164 valence electrons. The predicted octanol–water partition coefficient (Wildman–Crippen LogP) is 4.80. The molecule has 0 unspecified atom stereocenters. The highest BCUT2D eigenvalue weighted by atomic mass is 35.5. The van der Waals surface area contributed by atoms with Gasteiger partial charge in [0.2, 0.25) is 0 Å². The van der Waals surface area contributed by atoms with Gasteiger partial charge in [0.15, 0.2) is 0 Å². The Hall–Kier alpha value is -3.54. The topological polar surface area (TPSA) is 67.5 Å². The summed E-state index contributed by atoms with van der Waals surface area (Å²) in [5.74, 6) is 0. The van der Waals surface area contributed by atoms with Crippen LogP contribution in [0.1, 0.15) is 34.0 Å². The molecule has 2 aromatic carbocycles. The van der Waals surface area contributed by atoms with Crippen molar-refractivity contribution in [1.82, 2.24) is 9.55 Å². The molecule has 0 spiro atoms. The van der Waals surface area contributed by atoms with E-state index in [0.717, 1.165) is 44.8 Å². The molecule has 4 aromatic rings. The number of aromatic nitrogens is 2. The van der Waals surface area contributed by atoms with Gasteiger partial charge in [0.1, 0.15) is 0 Å². The lowest BCUT2D eigenvalue weighted by Gasteiger charge is -2.19. The lowest BCUT2D eigenvalue weighted by atomic mass is 9.95. The number of aliphatic imine (C=N–C) groups is 1. The molecule has 0 amide bonds. The highest BCUT2D eigenvalue weighted by Crippen LogP contribution is 2.29. The Bertz CT molecular complexity index is 1440. The first-order valence-corrected chi connectivity index (χ1v) is 11.1. The molecule has 0 saturated carbocycles. The second-order valence-electron chi connectivity index (χ2n) is 8.14. The van der Waals surface area contributed by atoms with E-state index in [1.54, 1.807) is 30.6 Å². The Balaban J connectivity index is 1.50. The maximum absolute atomic E-state index is 13.0. The van der Waals surface area contributed by atoms with Gasteiger partial charge in [-0.05, 0) is 65.6 Å². The van der Waals surface area contributed by atoms with Crippen molar-refractivity contribution in [2.45, 2.75) is 19.5 Å². The van der Waals surface area contributed by atoms with Gasteiger partial charge in [-0.15, -0.1) is 0 Å². The summed E-state index contributed by atoms with van der Waals surface area (Å²) in [6, 6.07) is 20.4. The van der Waals surface area contributed by atoms with Crippen LogP contribution in [0.5, 0.6) is 0 Å². The average molecular weight is 456 g/mol. The zero-order valence-electron chi connectivity index (χ0n) is 18.1. The quantitative estimate of drug-likeness (QED) is 0.469. The van der Waals surface area contributed by atoms with Crippen LogP contribution in [-0.2, 0) is 6.54 Å². The number of pyridine rings is 2.